The van der Waals surface area contributed by atoms with Crippen LogP contribution in [-0.4, -0.2) is 33.2 Å². The van der Waals surface area contributed by atoms with Gasteiger partial charge in [0.05, 0.1) is 4.92 Å². The van der Waals surface area contributed by atoms with Crippen molar-refractivity contribution in [1.82, 2.24) is 15.2 Å². The Bertz CT molecular complexity index is 627. The Morgan fingerprint density at radius 1 is 1.35 bits per heavy atom. The lowest BCUT2D eigenvalue weighted by molar-refractivity contribution is -0.388. The molecule has 1 saturated heterocycles. The normalized spacial score (nSPS) is 14.7. The van der Waals surface area contributed by atoms with Gasteiger partial charge in [-0.15, -0.1) is 10.2 Å². The summed E-state index contributed by atoms with van der Waals surface area (Å²) in [6.07, 6.45) is 3.89. The third-order valence-electron chi connectivity index (χ3n) is 2.90. The van der Waals surface area contributed by atoms with E-state index in [1.165, 1.54) is 48.2 Å². The van der Waals surface area contributed by atoms with E-state index in [1.54, 1.807) is 6.07 Å². The highest BCUT2D eigenvalue weighted by molar-refractivity contribution is 8.01. The van der Waals surface area contributed by atoms with E-state index in [1.807, 2.05) is 0 Å². The zero-order chi connectivity index (χ0) is 13.9. The third-order valence-corrected chi connectivity index (χ3v) is 4.95. The molecule has 0 bridgehead atoms. The van der Waals surface area contributed by atoms with Gasteiger partial charge in [-0.3, -0.25) is 10.1 Å². The summed E-state index contributed by atoms with van der Waals surface area (Å²) in [5.74, 6) is 0. The number of anilines is 1. The minimum Gasteiger partial charge on any atom is -0.347 e. The van der Waals surface area contributed by atoms with Crippen LogP contribution in [0, 0.1) is 10.1 Å². The van der Waals surface area contributed by atoms with Gasteiger partial charge in [-0.2, -0.15) is 0 Å². The Balaban J connectivity index is 1.79. The molecule has 1 fully saturated rings. The van der Waals surface area contributed by atoms with Gasteiger partial charge in [-0.25, -0.2) is 4.98 Å². The van der Waals surface area contributed by atoms with Gasteiger partial charge in [-0.1, -0.05) is 11.3 Å². The topological polar surface area (TPSA) is 85.0 Å². The zero-order valence-electron chi connectivity index (χ0n) is 10.4. The minimum atomic E-state index is -0.433. The van der Waals surface area contributed by atoms with Crippen molar-refractivity contribution in [1.29, 1.82) is 0 Å². The van der Waals surface area contributed by atoms with Crippen LogP contribution in [0.4, 0.5) is 10.8 Å². The van der Waals surface area contributed by atoms with Crippen molar-refractivity contribution in [2.24, 2.45) is 0 Å². The summed E-state index contributed by atoms with van der Waals surface area (Å²) in [7, 11) is 0. The number of aromatic nitrogens is 3. The number of nitro groups is 1. The molecular formula is C11H11N5O2S2. The van der Waals surface area contributed by atoms with Gasteiger partial charge in [0.2, 0.25) is 5.13 Å². The lowest BCUT2D eigenvalue weighted by atomic mass is 10.4. The molecule has 3 heterocycles. The van der Waals surface area contributed by atoms with Crippen molar-refractivity contribution in [3.63, 3.8) is 0 Å². The van der Waals surface area contributed by atoms with Crippen LogP contribution in [0.1, 0.15) is 12.8 Å². The van der Waals surface area contributed by atoms with Gasteiger partial charge in [0.1, 0.15) is 0 Å². The number of nitrogens with zero attached hydrogens (tertiary/aromatic N) is 5. The molecule has 7 nitrogen and oxygen atoms in total. The van der Waals surface area contributed by atoms with Gasteiger partial charge in [0.15, 0.2) is 9.37 Å². The Kier molecular flexibility index (Phi) is 3.79. The lowest BCUT2D eigenvalue weighted by Gasteiger charge is -2.10. The van der Waals surface area contributed by atoms with E-state index >= 15 is 0 Å². The smallest absolute Gasteiger partial charge is 0.301 e. The summed E-state index contributed by atoms with van der Waals surface area (Å²) < 4.78 is 0.675. The first-order chi connectivity index (χ1) is 9.74. The quantitative estimate of drug-likeness (QED) is 0.634. The molecule has 0 saturated carbocycles. The Labute approximate surface area is 123 Å². The average molecular weight is 309 g/mol. The fourth-order valence-corrected chi connectivity index (χ4v) is 3.83. The first kappa shape index (κ1) is 13.3. The monoisotopic (exact) mass is 309 g/mol. The molecule has 20 heavy (non-hydrogen) atoms. The van der Waals surface area contributed by atoms with E-state index in [9.17, 15) is 10.1 Å². The third kappa shape index (κ3) is 2.73. The van der Waals surface area contributed by atoms with Gasteiger partial charge >= 0.3 is 5.69 Å². The molecule has 2 aromatic rings. The maximum Gasteiger partial charge on any atom is 0.301 e. The molecule has 3 rings (SSSR count). The second-order valence-corrected chi connectivity index (χ2v) is 6.42. The SMILES string of the molecule is O=[N+]([O-])c1cccnc1Sc1nnc(N2CCCC2)s1. The molecule has 0 aromatic carbocycles. The van der Waals surface area contributed by atoms with E-state index in [2.05, 4.69) is 20.1 Å². The van der Waals surface area contributed by atoms with Crippen LogP contribution in [0.5, 0.6) is 0 Å². The zero-order valence-corrected chi connectivity index (χ0v) is 12.1. The molecule has 9 heteroatoms. The summed E-state index contributed by atoms with van der Waals surface area (Å²) in [6.45, 7) is 2.01. The van der Waals surface area contributed by atoms with E-state index in [4.69, 9.17) is 0 Å². The van der Waals surface area contributed by atoms with Crippen molar-refractivity contribution >= 4 is 33.9 Å². The first-order valence-electron chi connectivity index (χ1n) is 6.10. The summed E-state index contributed by atoms with van der Waals surface area (Å²) in [5, 5.41) is 20.4. The highest BCUT2D eigenvalue weighted by atomic mass is 32.2. The number of rotatable bonds is 4. The van der Waals surface area contributed by atoms with Crippen LogP contribution >= 0.6 is 23.1 Å². The molecule has 104 valence electrons. The second kappa shape index (κ2) is 5.71. The molecule has 2 aromatic heterocycles. The first-order valence-corrected chi connectivity index (χ1v) is 7.73. The van der Waals surface area contributed by atoms with E-state index in [0.29, 0.717) is 9.37 Å². The highest BCUT2D eigenvalue weighted by Crippen LogP contribution is 2.36. The predicted molar refractivity (Wildman–Crippen MR) is 76.4 cm³/mol. The van der Waals surface area contributed by atoms with Crippen LogP contribution in [0.3, 0.4) is 0 Å². The van der Waals surface area contributed by atoms with E-state index in [0.717, 1.165) is 18.2 Å². The highest BCUT2D eigenvalue weighted by Gasteiger charge is 2.20. The maximum absolute atomic E-state index is 10.9. The van der Waals surface area contributed by atoms with Crippen molar-refractivity contribution < 1.29 is 4.92 Å². The Hall–Kier alpha value is -1.74. The lowest BCUT2D eigenvalue weighted by Crippen LogP contribution is -2.17. The number of hydrogen-bond donors (Lipinski definition) is 0. The van der Waals surface area contributed by atoms with Crippen molar-refractivity contribution in [3.8, 4) is 0 Å². The van der Waals surface area contributed by atoms with E-state index < -0.39 is 4.92 Å². The van der Waals surface area contributed by atoms with Crippen LogP contribution in [0.2, 0.25) is 0 Å². The van der Waals surface area contributed by atoms with Crippen LogP contribution in [0.15, 0.2) is 27.7 Å². The van der Waals surface area contributed by atoms with Crippen LogP contribution < -0.4 is 4.90 Å². The predicted octanol–water partition coefficient (Wildman–Crippen LogP) is 2.59. The molecule has 0 radical (unpaired) electrons. The summed E-state index contributed by atoms with van der Waals surface area (Å²) in [5.41, 5.74) is -0.00424. The molecule has 1 aliphatic rings. The van der Waals surface area contributed by atoms with Crippen molar-refractivity contribution in [2.45, 2.75) is 22.2 Å². The summed E-state index contributed by atoms with van der Waals surface area (Å²) in [4.78, 5) is 16.7. The Morgan fingerprint density at radius 2 is 2.15 bits per heavy atom. The van der Waals surface area contributed by atoms with Gasteiger partial charge in [0.25, 0.3) is 0 Å². The summed E-state index contributed by atoms with van der Waals surface area (Å²) >= 11 is 2.64. The fraction of sp³-hybridized carbons (Fsp3) is 0.364. The van der Waals surface area contributed by atoms with Crippen LogP contribution in [-0.2, 0) is 0 Å². The molecule has 0 aliphatic carbocycles. The molecule has 0 spiro atoms. The molecule has 0 unspecified atom stereocenters. The molecule has 0 amide bonds. The number of hydrogen-bond acceptors (Lipinski definition) is 8. The molecular weight excluding hydrogens is 298 g/mol. The van der Waals surface area contributed by atoms with E-state index in [-0.39, 0.29) is 5.69 Å². The fourth-order valence-electron chi connectivity index (χ4n) is 1.96. The van der Waals surface area contributed by atoms with Crippen molar-refractivity contribution in [2.75, 3.05) is 18.0 Å². The van der Waals surface area contributed by atoms with Gasteiger partial charge < -0.3 is 4.90 Å². The standard InChI is InChI=1S/C11H11N5O2S2/c17-16(18)8-4-3-5-12-9(8)19-11-14-13-10(20-11)15-6-1-2-7-15/h3-5H,1-2,6-7H2. The minimum absolute atomic E-state index is 0.00424. The molecule has 0 N–H and O–H groups in total. The largest absolute Gasteiger partial charge is 0.347 e. The number of pyridine rings is 1. The average Bonchev–Trinajstić information content (AvgIpc) is 3.09. The maximum atomic E-state index is 10.9. The molecule has 1 aliphatic heterocycles. The second-order valence-electron chi connectivity index (χ2n) is 4.23. The molecule has 0 atom stereocenters. The Morgan fingerprint density at radius 3 is 2.90 bits per heavy atom. The van der Waals surface area contributed by atoms with Gasteiger partial charge in [-0.05, 0) is 30.7 Å². The summed E-state index contributed by atoms with van der Waals surface area (Å²) in [6, 6.07) is 3.00. The van der Waals surface area contributed by atoms with Crippen LogP contribution in [0.25, 0.3) is 0 Å². The van der Waals surface area contributed by atoms with Gasteiger partial charge in [0, 0.05) is 25.4 Å². The van der Waals surface area contributed by atoms with Crippen molar-refractivity contribution in [3.05, 3.63) is 28.4 Å².